The van der Waals surface area contributed by atoms with Gasteiger partial charge in [0, 0.05) is 17.7 Å². The normalized spacial score (nSPS) is 18.8. The Labute approximate surface area is 230 Å². The predicted molar refractivity (Wildman–Crippen MR) is 159 cm³/mol. The number of fused-ring (bicyclic) bond motifs is 1. The van der Waals surface area contributed by atoms with Crippen molar-refractivity contribution in [3.05, 3.63) is 131 Å². The predicted octanol–water partition coefficient (Wildman–Crippen LogP) is 8.76. The van der Waals surface area contributed by atoms with Gasteiger partial charge < -0.3 is 15.4 Å². The summed E-state index contributed by atoms with van der Waals surface area (Å²) in [5, 5.41) is 7.32. The van der Waals surface area contributed by atoms with Gasteiger partial charge in [0.15, 0.2) is 5.78 Å². The van der Waals surface area contributed by atoms with Crippen LogP contribution in [0.1, 0.15) is 62.3 Å². The summed E-state index contributed by atoms with van der Waals surface area (Å²) in [5.74, 6) is 1.84. The van der Waals surface area contributed by atoms with Gasteiger partial charge in [-0.3, -0.25) is 4.79 Å². The molecule has 4 aromatic carbocycles. The van der Waals surface area contributed by atoms with Gasteiger partial charge in [0.2, 0.25) is 0 Å². The van der Waals surface area contributed by atoms with E-state index in [0.29, 0.717) is 6.42 Å². The van der Waals surface area contributed by atoms with E-state index in [-0.39, 0.29) is 23.2 Å². The molecule has 6 rings (SSSR count). The van der Waals surface area contributed by atoms with Gasteiger partial charge in [-0.05, 0) is 70.8 Å². The minimum Gasteiger partial charge on any atom is -0.457 e. The van der Waals surface area contributed by atoms with Crippen molar-refractivity contribution in [1.29, 1.82) is 0 Å². The number of benzene rings is 4. The number of allylic oxidation sites excluding steroid dienone is 1. The first kappa shape index (κ1) is 25.0. The molecule has 2 aliphatic rings. The fourth-order valence-electron chi connectivity index (χ4n) is 5.62. The summed E-state index contributed by atoms with van der Waals surface area (Å²) in [6, 6.07) is 34.5. The molecule has 2 N–H and O–H groups in total. The number of carbonyl (C=O) groups excluding carboxylic acids is 1. The lowest BCUT2D eigenvalue weighted by molar-refractivity contribution is -0.116. The van der Waals surface area contributed by atoms with Crippen LogP contribution in [-0.4, -0.2) is 5.78 Å². The van der Waals surface area contributed by atoms with Crippen molar-refractivity contribution in [1.82, 2.24) is 0 Å². The molecule has 196 valence electrons. The van der Waals surface area contributed by atoms with Gasteiger partial charge >= 0.3 is 0 Å². The van der Waals surface area contributed by atoms with E-state index in [2.05, 4.69) is 73.9 Å². The van der Waals surface area contributed by atoms with Crippen LogP contribution in [0, 0.1) is 0 Å². The van der Waals surface area contributed by atoms with Crippen LogP contribution in [0.4, 0.5) is 11.4 Å². The van der Waals surface area contributed by atoms with Gasteiger partial charge in [-0.15, -0.1) is 0 Å². The molecule has 1 aliphatic heterocycles. The van der Waals surface area contributed by atoms with Crippen LogP contribution in [0.2, 0.25) is 0 Å². The van der Waals surface area contributed by atoms with Crippen LogP contribution in [0.15, 0.2) is 114 Å². The summed E-state index contributed by atoms with van der Waals surface area (Å²) in [6.45, 7) is 6.68. The summed E-state index contributed by atoms with van der Waals surface area (Å²) in [6.07, 6.45) is 1.27. The van der Waals surface area contributed by atoms with E-state index in [1.807, 2.05) is 60.7 Å². The molecular weight excluding hydrogens is 480 g/mol. The molecule has 0 saturated carbocycles. The molecule has 1 heterocycles. The zero-order valence-electron chi connectivity index (χ0n) is 22.7. The van der Waals surface area contributed by atoms with Crippen molar-refractivity contribution in [2.75, 3.05) is 10.6 Å². The molecular formula is C35H34N2O2. The highest BCUT2D eigenvalue weighted by molar-refractivity contribution is 6.01. The van der Waals surface area contributed by atoms with E-state index < -0.39 is 0 Å². The number of rotatable bonds is 4. The maximum Gasteiger partial charge on any atom is 0.163 e. The van der Waals surface area contributed by atoms with E-state index in [9.17, 15) is 4.79 Å². The molecule has 0 spiro atoms. The topological polar surface area (TPSA) is 50.4 Å². The smallest absolute Gasteiger partial charge is 0.163 e. The molecule has 0 radical (unpaired) electrons. The fraction of sp³-hybridized carbons (Fsp3) is 0.229. The lowest BCUT2D eigenvalue weighted by Gasteiger charge is -2.30. The first-order valence-corrected chi connectivity index (χ1v) is 13.7. The number of hydrogen-bond donors (Lipinski definition) is 2. The standard InChI is InChI=1S/C35H34N2O2/c1-35(2,3)26-18-16-23(17-19-26)25-21-31-33(32(38)22-25)34(37-30-15-8-7-14-29(30)36-31)24-10-9-13-28(20-24)39-27-11-5-4-6-12-27/h4-20,25,34,36-37H,21-22H2,1-3H3. The maximum absolute atomic E-state index is 13.9. The molecule has 4 nitrogen and oxygen atoms in total. The van der Waals surface area contributed by atoms with Crippen LogP contribution in [0.5, 0.6) is 11.5 Å². The molecule has 2 atom stereocenters. The summed E-state index contributed by atoms with van der Waals surface area (Å²) in [4.78, 5) is 13.9. The van der Waals surface area contributed by atoms with Crippen molar-refractivity contribution in [3.8, 4) is 11.5 Å². The summed E-state index contributed by atoms with van der Waals surface area (Å²) < 4.78 is 6.14. The van der Waals surface area contributed by atoms with E-state index >= 15 is 0 Å². The second kappa shape index (κ2) is 10.1. The summed E-state index contributed by atoms with van der Waals surface area (Å²) in [7, 11) is 0. The average Bonchev–Trinajstić information content (AvgIpc) is 3.10. The number of ketones is 1. The number of hydrogen-bond acceptors (Lipinski definition) is 4. The molecule has 0 bridgehead atoms. The Bertz CT molecular complexity index is 1530. The second-order valence-corrected chi connectivity index (χ2v) is 11.5. The zero-order chi connectivity index (χ0) is 27.0. The molecule has 0 amide bonds. The van der Waals surface area contributed by atoms with Crippen LogP contribution in [-0.2, 0) is 10.2 Å². The Morgan fingerprint density at radius 3 is 2.15 bits per heavy atom. The second-order valence-electron chi connectivity index (χ2n) is 11.5. The first-order chi connectivity index (χ1) is 18.8. The minimum atomic E-state index is -0.285. The van der Waals surface area contributed by atoms with Crippen molar-refractivity contribution in [3.63, 3.8) is 0 Å². The van der Waals surface area contributed by atoms with Crippen LogP contribution in [0.3, 0.4) is 0 Å². The van der Waals surface area contributed by atoms with Gasteiger partial charge in [-0.25, -0.2) is 0 Å². The van der Waals surface area contributed by atoms with Gasteiger partial charge in [-0.2, -0.15) is 0 Å². The SMILES string of the molecule is CC(C)(C)c1ccc(C2CC(=O)C3=C(C2)Nc2ccccc2NC3c2cccc(Oc3ccccc3)c2)cc1. The molecule has 4 aromatic rings. The van der Waals surface area contributed by atoms with Crippen LogP contribution < -0.4 is 15.4 Å². The number of nitrogens with one attached hydrogen (secondary N) is 2. The Hall–Kier alpha value is -4.31. The molecule has 4 heteroatoms. The lowest BCUT2D eigenvalue weighted by atomic mass is 9.77. The number of anilines is 2. The minimum absolute atomic E-state index is 0.0980. The van der Waals surface area contributed by atoms with Gasteiger partial charge in [-0.1, -0.05) is 87.5 Å². The highest BCUT2D eigenvalue weighted by atomic mass is 16.5. The van der Waals surface area contributed by atoms with Crippen molar-refractivity contribution in [2.45, 2.75) is 51.0 Å². The number of Topliss-reactive ketones (excluding diaryl/α,β-unsaturated/α-hetero) is 1. The van der Waals surface area contributed by atoms with Gasteiger partial charge in [0.25, 0.3) is 0 Å². The van der Waals surface area contributed by atoms with Crippen LogP contribution in [0.25, 0.3) is 0 Å². The van der Waals surface area contributed by atoms with Crippen LogP contribution >= 0.6 is 0 Å². The van der Waals surface area contributed by atoms with Crippen molar-refractivity contribution >= 4 is 17.2 Å². The quantitative estimate of drug-likeness (QED) is 0.286. The molecule has 0 fully saturated rings. The molecule has 1 aliphatic carbocycles. The lowest BCUT2D eigenvalue weighted by Crippen LogP contribution is -2.27. The number of ether oxygens (including phenoxy) is 1. The number of para-hydroxylation sites is 3. The van der Waals surface area contributed by atoms with Gasteiger partial charge in [0.05, 0.1) is 17.4 Å². The third-order valence-corrected chi connectivity index (χ3v) is 7.73. The largest absolute Gasteiger partial charge is 0.457 e. The molecule has 0 aromatic heterocycles. The van der Waals surface area contributed by atoms with Crippen molar-refractivity contribution < 1.29 is 9.53 Å². The van der Waals surface area contributed by atoms with E-state index in [4.69, 9.17) is 4.74 Å². The van der Waals surface area contributed by atoms with Gasteiger partial charge in [0.1, 0.15) is 11.5 Å². The summed E-state index contributed by atoms with van der Waals surface area (Å²) >= 11 is 0. The highest BCUT2D eigenvalue weighted by Gasteiger charge is 2.36. The third kappa shape index (κ3) is 5.20. The van der Waals surface area contributed by atoms with Crippen molar-refractivity contribution in [2.24, 2.45) is 0 Å². The Morgan fingerprint density at radius 2 is 1.41 bits per heavy atom. The zero-order valence-corrected chi connectivity index (χ0v) is 22.7. The average molecular weight is 515 g/mol. The maximum atomic E-state index is 13.9. The first-order valence-electron chi connectivity index (χ1n) is 13.7. The number of carbonyl (C=O) groups is 1. The molecule has 39 heavy (non-hydrogen) atoms. The Kier molecular flexibility index (Phi) is 6.48. The van der Waals surface area contributed by atoms with E-state index in [1.165, 1.54) is 11.1 Å². The molecule has 0 saturated heterocycles. The summed E-state index contributed by atoms with van der Waals surface area (Å²) in [5.41, 5.74) is 7.38. The van der Waals surface area contributed by atoms with E-state index in [0.717, 1.165) is 46.1 Å². The third-order valence-electron chi connectivity index (χ3n) is 7.73. The fourth-order valence-corrected chi connectivity index (χ4v) is 5.62. The Morgan fingerprint density at radius 1 is 0.718 bits per heavy atom. The highest BCUT2D eigenvalue weighted by Crippen LogP contribution is 2.45. The monoisotopic (exact) mass is 514 g/mol. The Balaban J connectivity index is 1.37. The van der Waals surface area contributed by atoms with E-state index in [1.54, 1.807) is 0 Å². The molecule has 2 unspecified atom stereocenters.